The standard InChI is InChI=1S/C17H18F3N/c1-3-21-15(13-8-4-6-11(2)16(13)19)10-12-7-5-9-14(18)17(12)20/h4-9,15,21H,3,10H2,1-2H3. The highest BCUT2D eigenvalue weighted by atomic mass is 19.2. The number of benzene rings is 2. The van der Waals surface area contributed by atoms with Crippen LogP contribution in [-0.2, 0) is 6.42 Å². The molecule has 0 aliphatic carbocycles. The summed E-state index contributed by atoms with van der Waals surface area (Å²) in [5.41, 5.74) is 1.25. The number of halogens is 3. The third kappa shape index (κ3) is 3.45. The molecule has 2 aromatic rings. The second-order valence-electron chi connectivity index (χ2n) is 5.01. The molecule has 0 spiro atoms. The van der Waals surface area contributed by atoms with E-state index in [0.717, 1.165) is 6.07 Å². The first-order valence-electron chi connectivity index (χ1n) is 6.95. The van der Waals surface area contributed by atoms with Crippen LogP contribution in [0.5, 0.6) is 0 Å². The fraction of sp³-hybridized carbons (Fsp3) is 0.294. The molecule has 2 rings (SSSR count). The summed E-state index contributed by atoms with van der Waals surface area (Å²) >= 11 is 0. The molecule has 4 heteroatoms. The van der Waals surface area contributed by atoms with Crippen molar-refractivity contribution in [2.75, 3.05) is 6.54 Å². The summed E-state index contributed by atoms with van der Waals surface area (Å²) in [7, 11) is 0. The van der Waals surface area contributed by atoms with Gasteiger partial charge < -0.3 is 5.32 Å². The van der Waals surface area contributed by atoms with Crippen LogP contribution in [-0.4, -0.2) is 6.54 Å². The molecule has 1 atom stereocenters. The lowest BCUT2D eigenvalue weighted by Crippen LogP contribution is -2.24. The fourth-order valence-electron chi connectivity index (χ4n) is 2.40. The van der Waals surface area contributed by atoms with Crippen LogP contribution >= 0.6 is 0 Å². The van der Waals surface area contributed by atoms with Crippen molar-refractivity contribution in [1.82, 2.24) is 5.32 Å². The molecule has 0 saturated heterocycles. The molecule has 0 radical (unpaired) electrons. The van der Waals surface area contributed by atoms with Gasteiger partial charge >= 0.3 is 0 Å². The second-order valence-corrected chi connectivity index (χ2v) is 5.01. The van der Waals surface area contributed by atoms with Gasteiger partial charge in [-0.1, -0.05) is 37.3 Å². The van der Waals surface area contributed by atoms with Crippen LogP contribution < -0.4 is 5.32 Å². The Morgan fingerprint density at radius 3 is 2.43 bits per heavy atom. The number of likely N-dealkylation sites (N-methyl/N-ethyl adjacent to an activating group) is 1. The highest BCUT2D eigenvalue weighted by Crippen LogP contribution is 2.25. The van der Waals surface area contributed by atoms with Gasteiger partial charge in [0.1, 0.15) is 5.82 Å². The van der Waals surface area contributed by atoms with Gasteiger partial charge in [-0.15, -0.1) is 0 Å². The minimum atomic E-state index is -0.882. The van der Waals surface area contributed by atoms with E-state index < -0.39 is 17.7 Å². The van der Waals surface area contributed by atoms with Crippen LogP contribution in [0.2, 0.25) is 0 Å². The lowest BCUT2D eigenvalue weighted by molar-refractivity contribution is 0.471. The maximum Gasteiger partial charge on any atom is 0.162 e. The zero-order valence-electron chi connectivity index (χ0n) is 12.1. The summed E-state index contributed by atoms with van der Waals surface area (Å²) < 4.78 is 41.3. The van der Waals surface area contributed by atoms with E-state index in [9.17, 15) is 13.2 Å². The maximum absolute atomic E-state index is 14.2. The van der Waals surface area contributed by atoms with Gasteiger partial charge in [-0.2, -0.15) is 0 Å². The Kier molecular flexibility index (Phi) is 5.02. The average molecular weight is 293 g/mol. The molecular weight excluding hydrogens is 275 g/mol. The molecule has 1 N–H and O–H groups in total. The fourth-order valence-corrected chi connectivity index (χ4v) is 2.40. The van der Waals surface area contributed by atoms with Crippen LogP contribution in [0.3, 0.4) is 0 Å². The normalized spacial score (nSPS) is 12.4. The van der Waals surface area contributed by atoms with Crippen molar-refractivity contribution >= 4 is 0 Å². The van der Waals surface area contributed by atoms with Gasteiger partial charge in [-0.05, 0) is 37.1 Å². The molecule has 1 nitrogen and oxygen atoms in total. The molecule has 0 heterocycles. The lowest BCUT2D eigenvalue weighted by atomic mass is 9.96. The first kappa shape index (κ1) is 15.6. The van der Waals surface area contributed by atoms with Gasteiger partial charge in [0.15, 0.2) is 11.6 Å². The largest absolute Gasteiger partial charge is 0.310 e. The minimum Gasteiger partial charge on any atom is -0.310 e. The third-order valence-electron chi connectivity index (χ3n) is 3.50. The SMILES string of the molecule is CCNC(Cc1cccc(F)c1F)c1cccc(C)c1F. The van der Waals surface area contributed by atoms with E-state index in [2.05, 4.69) is 5.32 Å². The summed E-state index contributed by atoms with van der Waals surface area (Å²) in [6.45, 7) is 4.18. The molecule has 112 valence electrons. The zero-order chi connectivity index (χ0) is 15.4. The Labute approximate surface area is 122 Å². The van der Waals surface area contributed by atoms with Crippen molar-refractivity contribution in [3.63, 3.8) is 0 Å². The number of rotatable bonds is 5. The summed E-state index contributed by atoms with van der Waals surface area (Å²) in [6.07, 6.45) is 0.192. The number of hydrogen-bond acceptors (Lipinski definition) is 1. The maximum atomic E-state index is 14.2. The van der Waals surface area contributed by atoms with E-state index in [-0.39, 0.29) is 17.8 Å². The van der Waals surface area contributed by atoms with E-state index in [4.69, 9.17) is 0 Å². The monoisotopic (exact) mass is 293 g/mol. The lowest BCUT2D eigenvalue weighted by Gasteiger charge is -2.20. The third-order valence-corrected chi connectivity index (χ3v) is 3.50. The smallest absolute Gasteiger partial charge is 0.162 e. The first-order chi connectivity index (χ1) is 10.0. The highest BCUT2D eigenvalue weighted by molar-refractivity contribution is 5.30. The minimum absolute atomic E-state index is 0.192. The highest BCUT2D eigenvalue weighted by Gasteiger charge is 2.19. The van der Waals surface area contributed by atoms with Gasteiger partial charge in [-0.25, -0.2) is 13.2 Å². The van der Waals surface area contributed by atoms with E-state index >= 15 is 0 Å². The predicted octanol–water partition coefficient (Wildman–Crippen LogP) is 4.31. The van der Waals surface area contributed by atoms with Crippen molar-refractivity contribution in [2.24, 2.45) is 0 Å². The van der Waals surface area contributed by atoms with E-state index in [1.165, 1.54) is 12.1 Å². The molecule has 0 aliphatic rings. The summed E-state index contributed by atoms with van der Waals surface area (Å²) in [5.74, 6) is -2.05. The van der Waals surface area contributed by atoms with E-state index in [1.54, 1.807) is 25.1 Å². The molecule has 0 saturated carbocycles. The zero-order valence-corrected chi connectivity index (χ0v) is 12.1. The molecule has 1 unspecified atom stereocenters. The van der Waals surface area contributed by atoms with E-state index in [1.807, 2.05) is 6.92 Å². The Morgan fingerprint density at radius 1 is 1.00 bits per heavy atom. The van der Waals surface area contributed by atoms with Crippen molar-refractivity contribution in [1.29, 1.82) is 0 Å². The van der Waals surface area contributed by atoms with Crippen LogP contribution in [0.4, 0.5) is 13.2 Å². The topological polar surface area (TPSA) is 12.0 Å². The summed E-state index contributed by atoms with van der Waals surface area (Å²) in [6, 6.07) is 8.79. The molecule has 0 fully saturated rings. The molecule has 0 aliphatic heterocycles. The Bertz CT molecular complexity index is 625. The van der Waals surface area contributed by atoms with Crippen LogP contribution in [0.25, 0.3) is 0 Å². The van der Waals surface area contributed by atoms with Gasteiger partial charge in [0, 0.05) is 11.6 Å². The van der Waals surface area contributed by atoms with Gasteiger partial charge in [-0.3, -0.25) is 0 Å². The van der Waals surface area contributed by atoms with Crippen molar-refractivity contribution < 1.29 is 13.2 Å². The second kappa shape index (κ2) is 6.76. The molecule has 2 aromatic carbocycles. The van der Waals surface area contributed by atoms with Gasteiger partial charge in [0.25, 0.3) is 0 Å². The van der Waals surface area contributed by atoms with Gasteiger partial charge in [0.2, 0.25) is 0 Å². The first-order valence-corrected chi connectivity index (χ1v) is 6.95. The molecule has 21 heavy (non-hydrogen) atoms. The molecule has 0 bridgehead atoms. The Balaban J connectivity index is 2.35. The van der Waals surface area contributed by atoms with Crippen molar-refractivity contribution in [3.8, 4) is 0 Å². The van der Waals surface area contributed by atoms with Crippen molar-refractivity contribution in [2.45, 2.75) is 26.3 Å². The Morgan fingerprint density at radius 2 is 1.71 bits per heavy atom. The molecular formula is C17H18F3N. The van der Waals surface area contributed by atoms with Crippen LogP contribution in [0, 0.1) is 24.4 Å². The van der Waals surface area contributed by atoms with Crippen LogP contribution in [0.15, 0.2) is 36.4 Å². The number of hydrogen-bond donors (Lipinski definition) is 1. The average Bonchev–Trinajstić information content (AvgIpc) is 2.46. The number of nitrogens with one attached hydrogen (secondary N) is 1. The quantitative estimate of drug-likeness (QED) is 0.866. The van der Waals surface area contributed by atoms with Gasteiger partial charge in [0.05, 0.1) is 0 Å². The molecule has 0 amide bonds. The van der Waals surface area contributed by atoms with E-state index in [0.29, 0.717) is 17.7 Å². The summed E-state index contributed by atoms with van der Waals surface area (Å²) in [5, 5.41) is 3.13. The number of aryl methyl sites for hydroxylation is 1. The van der Waals surface area contributed by atoms with Crippen molar-refractivity contribution in [3.05, 3.63) is 70.5 Å². The van der Waals surface area contributed by atoms with Crippen LogP contribution in [0.1, 0.15) is 29.7 Å². The molecule has 0 aromatic heterocycles. The Hall–Kier alpha value is -1.81. The predicted molar refractivity (Wildman–Crippen MR) is 77.6 cm³/mol. The summed E-state index contributed by atoms with van der Waals surface area (Å²) in [4.78, 5) is 0.